The summed E-state index contributed by atoms with van der Waals surface area (Å²) < 4.78 is 10.6. The highest BCUT2D eigenvalue weighted by molar-refractivity contribution is 6.31. The van der Waals surface area contributed by atoms with Crippen molar-refractivity contribution in [1.82, 2.24) is 5.43 Å². The third-order valence-electron chi connectivity index (χ3n) is 4.58. The van der Waals surface area contributed by atoms with E-state index in [1.54, 1.807) is 14.2 Å². The third-order valence-corrected chi connectivity index (χ3v) is 4.82. The van der Waals surface area contributed by atoms with Gasteiger partial charge in [-0.3, -0.25) is 15.2 Å². The molecule has 2 aromatic rings. The van der Waals surface area contributed by atoms with Gasteiger partial charge in [-0.2, -0.15) is 0 Å². The molecule has 2 aromatic carbocycles. The van der Waals surface area contributed by atoms with Crippen LogP contribution in [0.25, 0.3) is 0 Å². The van der Waals surface area contributed by atoms with Crippen molar-refractivity contribution in [3.05, 3.63) is 58.3 Å². The molecule has 0 bridgehead atoms. The molecule has 0 saturated carbocycles. The number of hydrogen-bond acceptors (Lipinski definition) is 5. The Hall–Kier alpha value is -2.86. The number of fused-ring (bicyclic) bond motifs is 1. The van der Waals surface area contributed by atoms with E-state index in [9.17, 15) is 4.79 Å². The summed E-state index contributed by atoms with van der Waals surface area (Å²) in [6.45, 7) is 0.575. The summed E-state index contributed by atoms with van der Waals surface area (Å²) in [6, 6.07) is 11.2. The Bertz CT molecular complexity index is 926. The van der Waals surface area contributed by atoms with E-state index in [-0.39, 0.29) is 5.91 Å². The van der Waals surface area contributed by atoms with Gasteiger partial charge in [0.2, 0.25) is 0 Å². The van der Waals surface area contributed by atoms with Crippen molar-refractivity contribution in [2.75, 3.05) is 31.1 Å². The molecule has 26 heavy (non-hydrogen) atoms. The van der Waals surface area contributed by atoms with Crippen LogP contribution in [0, 0.1) is 0 Å². The minimum atomic E-state index is -0.174. The maximum atomic E-state index is 12.6. The Balaban J connectivity index is 1.64. The first kappa shape index (κ1) is 16.6. The van der Waals surface area contributed by atoms with Gasteiger partial charge in [-0.25, -0.2) is 0 Å². The number of ether oxygens (including phenoxy) is 2. The summed E-state index contributed by atoms with van der Waals surface area (Å²) in [4.78, 5) is 12.6. The fourth-order valence-electron chi connectivity index (χ4n) is 3.27. The Morgan fingerprint density at radius 3 is 2.65 bits per heavy atom. The Labute approximate surface area is 156 Å². The molecule has 0 saturated heterocycles. The molecule has 0 unspecified atom stereocenters. The zero-order valence-electron chi connectivity index (χ0n) is 14.4. The number of carbonyl (C=O) groups excluding carboxylic acids is 1. The molecule has 1 amide bonds. The standard InChI is InChI=1S/C19H18ClN3O3/c1-25-16-6-5-14(9-17(16)26-2)23-10-12-7-11-3-4-13(20)8-15(11)21-18(12)19(24)22-23/h3-6,8-9,21H,7,10H2,1-2H3,(H,22,24). The van der Waals surface area contributed by atoms with E-state index in [0.717, 1.165) is 22.5 Å². The molecular formula is C19H18ClN3O3. The van der Waals surface area contributed by atoms with Crippen LogP contribution in [0.15, 0.2) is 47.7 Å². The lowest BCUT2D eigenvalue weighted by atomic mass is 9.95. The average Bonchev–Trinajstić information content (AvgIpc) is 2.66. The number of nitrogens with zero attached hydrogens (tertiary/aromatic N) is 1. The third kappa shape index (κ3) is 2.82. The normalized spacial score (nSPS) is 15.7. The zero-order valence-corrected chi connectivity index (χ0v) is 15.2. The molecule has 0 fully saturated rings. The summed E-state index contributed by atoms with van der Waals surface area (Å²) in [5.74, 6) is 1.08. The van der Waals surface area contributed by atoms with Crippen molar-refractivity contribution < 1.29 is 14.3 Å². The van der Waals surface area contributed by atoms with E-state index in [4.69, 9.17) is 21.1 Å². The topological polar surface area (TPSA) is 62.8 Å². The maximum Gasteiger partial charge on any atom is 0.286 e. The van der Waals surface area contributed by atoms with Gasteiger partial charge >= 0.3 is 0 Å². The van der Waals surface area contributed by atoms with E-state index in [1.807, 2.05) is 41.4 Å². The Morgan fingerprint density at radius 2 is 1.88 bits per heavy atom. The summed E-state index contributed by atoms with van der Waals surface area (Å²) in [5.41, 5.74) is 7.36. The summed E-state index contributed by atoms with van der Waals surface area (Å²) in [5, 5.41) is 5.67. The van der Waals surface area contributed by atoms with Crippen LogP contribution in [-0.2, 0) is 11.2 Å². The van der Waals surface area contributed by atoms with Gasteiger partial charge in [0.25, 0.3) is 5.91 Å². The molecular weight excluding hydrogens is 354 g/mol. The van der Waals surface area contributed by atoms with E-state index >= 15 is 0 Å². The van der Waals surface area contributed by atoms with Crippen LogP contribution in [0.2, 0.25) is 5.02 Å². The SMILES string of the molecule is COc1ccc(N2CC3=C(Nc4cc(Cl)ccc4C3)C(=O)N2)cc1OC. The fourth-order valence-corrected chi connectivity index (χ4v) is 3.44. The second kappa shape index (κ2) is 6.46. The van der Waals surface area contributed by atoms with E-state index < -0.39 is 0 Å². The van der Waals surface area contributed by atoms with Crippen molar-refractivity contribution >= 4 is 28.9 Å². The minimum Gasteiger partial charge on any atom is -0.493 e. The lowest BCUT2D eigenvalue weighted by Gasteiger charge is -2.35. The molecule has 134 valence electrons. The predicted octanol–water partition coefficient (Wildman–Crippen LogP) is 3.13. The summed E-state index contributed by atoms with van der Waals surface area (Å²) >= 11 is 6.06. The van der Waals surface area contributed by atoms with Crippen molar-refractivity contribution in [3.63, 3.8) is 0 Å². The average molecular weight is 372 g/mol. The van der Waals surface area contributed by atoms with Gasteiger partial charge in [0.05, 0.1) is 26.5 Å². The Morgan fingerprint density at radius 1 is 1.08 bits per heavy atom. The van der Waals surface area contributed by atoms with Gasteiger partial charge in [-0.1, -0.05) is 17.7 Å². The molecule has 4 rings (SSSR count). The van der Waals surface area contributed by atoms with E-state index in [1.165, 1.54) is 0 Å². The minimum absolute atomic E-state index is 0.174. The molecule has 0 spiro atoms. The highest BCUT2D eigenvalue weighted by Gasteiger charge is 2.30. The number of hydrogen-bond donors (Lipinski definition) is 2. The van der Waals surface area contributed by atoms with Gasteiger partial charge in [0.1, 0.15) is 5.70 Å². The van der Waals surface area contributed by atoms with Gasteiger partial charge in [-0.05, 0) is 41.8 Å². The van der Waals surface area contributed by atoms with Gasteiger partial charge in [-0.15, -0.1) is 0 Å². The lowest BCUT2D eigenvalue weighted by molar-refractivity contribution is -0.117. The molecule has 2 aliphatic rings. The van der Waals surface area contributed by atoms with Crippen LogP contribution in [0.5, 0.6) is 11.5 Å². The highest BCUT2D eigenvalue weighted by atomic mass is 35.5. The molecule has 0 aromatic heterocycles. The van der Waals surface area contributed by atoms with Crippen LogP contribution in [0.3, 0.4) is 0 Å². The molecule has 0 atom stereocenters. The van der Waals surface area contributed by atoms with E-state index in [0.29, 0.717) is 35.2 Å². The van der Waals surface area contributed by atoms with Crippen LogP contribution in [0.1, 0.15) is 5.56 Å². The quantitative estimate of drug-likeness (QED) is 0.868. The number of hydrazine groups is 1. The number of methoxy groups -OCH3 is 2. The number of amides is 1. The van der Waals surface area contributed by atoms with Crippen molar-refractivity contribution in [3.8, 4) is 11.5 Å². The first-order valence-electron chi connectivity index (χ1n) is 8.17. The number of halogens is 1. The second-order valence-electron chi connectivity index (χ2n) is 6.15. The van der Waals surface area contributed by atoms with Gasteiger partial charge in [0, 0.05) is 16.8 Å². The van der Waals surface area contributed by atoms with Gasteiger partial charge in [0.15, 0.2) is 11.5 Å². The smallest absolute Gasteiger partial charge is 0.286 e. The number of anilines is 2. The lowest BCUT2D eigenvalue weighted by Crippen LogP contribution is -2.50. The second-order valence-corrected chi connectivity index (χ2v) is 6.58. The summed E-state index contributed by atoms with van der Waals surface area (Å²) in [6.07, 6.45) is 0.700. The zero-order chi connectivity index (χ0) is 18.3. The molecule has 2 heterocycles. The Kier molecular flexibility index (Phi) is 4.12. The molecule has 6 nitrogen and oxygen atoms in total. The maximum absolute atomic E-state index is 12.6. The molecule has 0 radical (unpaired) electrons. The fraction of sp³-hybridized carbons (Fsp3) is 0.211. The van der Waals surface area contributed by atoms with Crippen LogP contribution < -0.4 is 25.2 Å². The predicted molar refractivity (Wildman–Crippen MR) is 101 cm³/mol. The van der Waals surface area contributed by atoms with E-state index in [2.05, 4.69) is 10.7 Å². The van der Waals surface area contributed by atoms with Crippen LogP contribution in [0.4, 0.5) is 11.4 Å². The number of nitrogens with one attached hydrogen (secondary N) is 2. The van der Waals surface area contributed by atoms with Crippen molar-refractivity contribution in [1.29, 1.82) is 0 Å². The highest BCUT2D eigenvalue weighted by Crippen LogP contribution is 2.35. The largest absolute Gasteiger partial charge is 0.493 e. The first-order valence-corrected chi connectivity index (χ1v) is 8.55. The molecule has 2 N–H and O–H groups in total. The van der Waals surface area contributed by atoms with Crippen molar-refractivity contribution in [2.45, 2.75) is 6.42 Å². The number of rotatable bonds is 3. The van der Waals surface area contributed by atoms with Crippen molar-refractivity contribution in [2.24, 2.45) is 0 Å². The number of carbonyl (C=O) groups is 1. The van der Waals surface area contributed by atoms with Crippen LogP contribution >= 0.6 is 11.6 Å². The summed E-state index contributed by atoms with van der Waals surface area (Å²) in [7, 11) is 3.18. The monoisotopic (exact) mass is 371 g/mol. The van der Waals surface area contributed by atoms with Crippen LogP contribution in [-0.4, -0.2) is 26.7 Å². The molecule has 7 heteroatoms. The number of benzene rings is 2. The first-order chi connectivity index (χ1) is 12.6. The molecule has 2 aliphatic heterocycles. The molecule has 0 aliphatic carbocycles. The van der Waals surface area contributed by atoms with Gasteiger partial charge < -0.3 is 14.8 Å².